The fraction of sp³-hybridized carbons (Fsp3) is 0.235. The predicted octanol–water partition coefficient (Wildman–Crippen LogP) is 2.43. The number of nitrogens with zero attached hydrogens (tertiary/aromatic N) is 1. The van der Waals surface area contributed by atoms with Gasteiger partial charge in [0.1, 0.15) is 5.75 Å². The molecule has 24 heavy (non-hydrogen) atoms. The molecular weight excluding hydrogens is 328 g/mol. The first-order valence-corrected chi connectivity index (χ1v) is 9.12. The minimum Gasteiger partial charge on any atom is -0.507 e. The molecule has 1 aliphatic heterocycles. The van der Waals surface area contributed by atoms with Crippen LogP contribution >= 0.6 is 0 Å². The van der Waals surface area contributed by atoms with Crippen LogP contribution in [0.5, 0.6) is 5.75 Å². The van der Waals surface area contributed by atoms with Crippen molar-refractivity contribution in [1.29, 1.82) is 0 Å². The highest BCUT2D eigenvalue weighted by Crippen LogP contribution is 2.26. The molecule has 0 radical (unpaired) electrons. The number of nitrogens with one attached hydrogen (secondary N) is 1. The SMILES string of the molecule is O=C(Nc1ccccc1)c1cc(S(=O)(=O)N2CCCC2)ccc1O. The fourth-order valence-electron chi connectivity index (χ4n) is 2.65. The van der Waals surface area contributed by atoms with Gasteiger partial charge in [-0.1, -0.05) is 18.2 Å². The van der Waals surface area contributed by atoms with E-state index in [0.717, 1.165) is 12.8 Å². The lowest BCUT2D eigenvalue weighted by Gasteiger charge is -2.16. The van der Waals surface area contributed by atoms with Crippen molar-refractivity contribution in [3.63, 3.8) is 0 Å². The van der Waals surface area contributed by atoms with Gasteiger partial charge in [0.05, 0.1) is 10.5 Å². The first kappa shape index (κ1) is 16.5. The van der Waals surface area contributed by atoms with Crippen LogP contribution in [0.2, 0.25) is 0 Å². The zero-order valence-corrected chi connectivity index (χ0v) is 13.8. The normalized spacial score (nSPS) is 15.3. The van der Waals surface area contributed by atoms with Crippen LogP contribution in [0.4, 0.5) is 5.69 Å². The van der Waals surface area contributed by atoms with E-state index >= 15 is 0 Å². The Labute approximate surface area is 140 Å². The second kappa shape index (κ2) is 6.62. The number of carbonyl (C=O) groups excluding carboxylic acids is 1. The average Bonchev–Trinajstić information content (AvgIpc) is 3.11. The van der Waals surface area contributed by atoms with E-state index in [1.165, 1.54) is 22.5 Å². The lowest BCUT2D eigenvalue weighted by Crippen LogP contribution is -2.28. The number of para-hydroxylation sites is 1. The van der Waals surface area contributed by atoms with Crippen LogP contribution in [-0.4, -0.2) is 36.8 Å². The van der Waals surface area contributed by atoms with Gasteiger partial charge in [0.15, 0.2) is 0 Å². The summed E-state index contributed by atoms with van der Waals surface area (Å²) in [6, 6.07) is 12.6. The molecule has 7 heteroatoms. The predicted molar refractivity (Wildman–Crippen MR) is 90.5 cm³/mol. The molecule has 6 nitrogen and oxygen atoms in total. The van der Waals surface area contributed by atoms with Crippen LogP contribution in [0.1, 0.15) is 23.2 Å². The van der Waals surface area contributed by atoms with Crippen molar-refractivity contribution in [1.82, 2.24) is 4.31 Å². The van der Waals surface area contributed by atoms with Gasteiger partial charge in [-0.15, -0.1) is 0 Å². The summed E-state index contributed by atoms with van der Waals surface area (Å²) in [7, 11) is -3.64. The molecule has 3 rings (SSSR count). The number of amides is 1. The number of anilines is 1. The Hall–Kier alpha value is -2.38. The van der Waals surface area contributed by atoms with Crippen molar-refractivity contribution in [2.75, 3.05) is 18.4 Å². The summed E-state index contributed by atoms with van der Waals surface area (Å²) in [5.74, 6) is -0.819. The molecule has 0 spiro atoms. The third-order valence-electron chi connectivity index (χ3n) is 3.95. The highest BCUT2D eigenvalue weighted by molar-refractivity contribution is 7.89. The largest absolute Gasteiger partial charge is 0.507 e. The zero-order chi connectivity index (χ0) is 17.2. The van der Waals surface area contributed by atoms with Crippen molar-refractivity contribution >= 4 is 21.6 Å². The lowest BCUT2D eigenvalue weighted by atomic mass is 10.2. The second-order valence-electron chi connectivity index (χ2n) is 5.61. The topological polar surface area (TPSA) is 86.7 Å². The molecule has 0 aliphatic carbocycles. The van der Waals surface area contributed by atoms with Crippen LogP contribution < -0.4 is 5.32 Å². The summed E-state index contributed by atoms with van der Waals surface area (Å²) in [5.41, 5.74) is 0.494. The summed E-state index contributed by atoms with van der Waals surface area (Å²) < 4.78 is 26.6. The molecule has 0 saturated carbocycles. The number of carbonyl (C=O) groups is 1. The smallest absolute Gasteiger partial charge is 0.259 e. The maximum atomic E-state index is 12.6. The molecule has 2 N–H and O–H groups in total. The van der Waals surface area contributed by atoms with Crippen molar-refractivity contribution in [2.45, 2.75) is 17.7 Å². The van der Waals surface area contributed by atoms with Crippen LogP contribution in [-0.2, 0) is 10.0 Å². The third-order valence-corrected chi connectivity index (χ3v) is 5.84. The van der Waals surface area contributed by atoms with Crippen molar-refractivity contribution in [3.05, 3.63) is 54.1 Å². The van der Waals surface area contributed by atoms with Crippen LogP contribution in [0.15, 0.2) is 53.4 Å². The second-order valence-corrected chi connectivity index (χ2v) is 7.55. The first-order chi connectivity index (χ1) is 11.5. The van der Waals surface area contributed by atoms with E-state index in [0.29, 0.717) is 18.8 Å². The molecule has 1 saturated heterocycles. The molecule has 1 fully saturated rings. The summed E-state index contributed by atoms with van der Waals surface area (Å²) in [6.45, 7) is 0.962. The number of benzene rings is 2. The Kier molecular flexibility index (Phi) is 4.55. The van der Waals surface area contributed by atoms with Gasteiger partial charge in [-0.3, -0.25) is 4.79 Å². The van der Waals surface area contributed by atoms with E-state index in [-0.39, 0.29) is 16.2 Å². The van der Waals surface area contributed by atoms with Gasteiger partial charge in [-0.25, -0.2) is 8.42 Å². The summed E-state index contributed by atoms with van der Waals surface area (Å²) in [5, 5.41) is 12.6. The summed E-state index contributed by atoms with van der Waals surface area (Å²) >= 11 is 0. The Morgan fingerprint density at radius 2 is 1.71 bits per heavy atom. The molecular formula is C17H18N2O4S. The Bertz CT molecular complexity index is 844. The quantitative estimate of drug-likeness (QED) is 0.890. The number of phenols is 1. The van der Waals surface area contributed by atoms with Crippen LogP contribution in [0.25, 0.3) is 0 Å². The Morgan fingerprint density at radius 3 is 2.38 bits per heavy atom. The minimum atomic E-state index is -3.64. The maximum Gasteiger partial charge on any atom is 0.259 e. The highest BCUT2D eigenvalue weighted by Gasteiger charge is 2.28. The van der Waals surface area contributed by atoms with E-state index in [4.69, 9.17) is 0 Å². The molecule has 0 bridgehead atoms. The number of sulfonamides is 1. The number of hydrogen-bond donors (Lipinski definition) is 2. The molecule has 1 aliphatic rings. The molecule has 2 aromatic rings. The molecule has 2 aromatic carbocycles. The summed E-state index contributed by atoms with van der Waals surface area (Å²) in [4.78, 5) is 12.4. The zero-order valence-electron chi connectivity index (χ0n) is 13.0. The van der Waals surface area contributed by atoms with E-state index in [1.807, 2.05) is 6.07 Å². The third kappa shape index (κ3) is 3.27. The standard InChI is InChI=1S/C17H18N2O4S/c20-16-9-8-14(24(22,23)19-10-4-5-11-19)12-15(16)17(21)18-13-6-2-1-3-7-13/h1-3,6-9,12,20H,4-5,10-11H2,(H,18,21). The van der Waals surface area contributed by atoms with Gasteiger partial charge in [-0.2, -0.15) is 4.31 Å². The Balaban J connectivity index is 1.90. The number of hydrogen-bond acceptors (Lipinski definition) is 4. The lowest BCUT2D eigenvalue weighted by molar-refractivity contribution is 0.102. The van der Waals surface area contributed by atoms with Crippen LogP contribution in [0.3, 0.4) is 0 Å². The van der Waals surface area contributed by atoms with Crippen molar-refractivity contribution in [3.8, 4) is 5.75 Å². The van der Waals surface area contributed by atoms with E-state index < -0.39 is 15.9 Å². The Morgan fingerprint density at radius 1 is 1.04 bits per heavy atom. The number of phenolic OH excluding ortho intramolecular Hbond substituents is 1. The molecule has 126 valence electrons. The monoisotopic (exact) mass is 346 g/mol. The van der Waals surface area contributed by atoms with Gasteiger partial charge in [0.2, 0.25) is 10.0 Å². The van der Waals surface area contributed by atoms with Gasteiger partial charge < -0.3 is 10.4 Å². The molecule has 0 unspecified atom stereocenters. The van der Waals surface area contributed by atoms with Gasteiger partial charge >= 0.3 is 0 Å². The fourth-order valence-corrected chi connectivity index (χ4v) is 4.20. The number of aromatic hydroxyl groups is 1. The molecule has 0 aromatic heterocycles. The van der Waals surface area contributed by atoms with Gasteiger partial charge in [0, 0.05) is 18.8 Å². The molecule has 1 amide bonds. The van der Waals surface area contributed by atoms with Crippen LogP contribution in [0, 0.1) is 0 Å². The maximum absolute atomic E-state index is 12.6. The molecule has 1 heterocycles. The van der Waals surface area contributed by atoms with Crippen molar-refractivity contribution < 1.29 is 18.3 Å². The molecule has 0 atom stereocenters. The minimum absolute atomic E-state index is 0.0143. The summed E-state index contributed by atoms with van der Waals surface area (Å²) in [6.07, 6.45) is 1.66. The van der Waals surface area contributed by atoms with Gasteiger partial charge in [-0.05, 0) is 43.2 Å². The van der Waals surface area contributed by atoms with Crippen molar-refractivity contribution in [2.24, 2.45) is 0 Å². The van der Waals surface area contributed by atoms with Gasteiger partial charge in [0.25, 0.3) is 5.91 Å². The van der Waals surface area contributed by atoms with E-state index in [1.54, 1.807) is 24.3 Å². The highest BCUT2D eigenvalue weighted by atomic mass is 32.2. The number of rotatable bonds is 4. The first-order valence-electron chi connectivity index (χ1n) is 7.68. The van der Waals surface area contributed by atoms with E-state index in [9.17, 15) is 18.3 Å². The average molecular weight is 346 g/mol. The van der Waals surface area contributed by atoms with E-state index in [2.05, 4.69) is 5.32 Å².